The number of fused-ring (bicyclic) bond motifs is 1. The molecule has 1 saturated heterocycles. The molecule has 2 aromatic heterocycles. The Morgan fingerprint density at radius 1 is 1.26 bits per heavy atom. The second kappa shape index (κ2) is 6.14. The largest absolute Gasteiger partial charge is 0.337 e. The lowest BCUT2D eigenvalue weighted by atomic mass is 9.97. The number of carbonyl (C=O) groups excluding carboxylic acids is 2. The second-order valence-electron chi connectivity index (χ2n) is 9.10. The first-order chi connectivity index (χ1) is 12.7. The fourth-order valence-electron chi connectivity index (χ4n) is 3.90. The zero-order valence-electron chi connectivity index (χ0n) is 16.9. The number of rotatable bonds is 2. The summed E-state index contributed by atoms with van der Waals surface area (Å²) in [6.07, 6.45) is 2.70. The van der Waals surface area contributed by atoms with Crippen LogP contribution in [-0.4, -0.2) is 44.4 Å². The summed E-state index contributed by atoms with van der Waals surface area (Å²) in [5.74, 6) is 0.599. The van der Waals surface area contributed by atoms with Crippen LogP contribution in [0.25, 0.3) is 11.0 Å². The molecule has 3 heterocycles. The summed E-state index contributed by atoms with van der Waals surface area (Å²) in [5.41, 5.74) is 3.11. The van der Waals surface area contributed by atoms with Crippen LogP contribution < -0.4 is 0 Å². The number of carbonyl (C=O) groups is 2. The highest BCUT2D eigenvalue weighted by Gasteiger charge is 2.33. The smallest absolute Gasteiger partial charge is 0.254 e. The summed E-state index contributed by atoms with van der Waals surface area (Å²) in [7, 11) is 0. The minimum Gasteiger partial charge on any atom is -0.337 e. The van der Waals surface area contributed by atoms with Crippen LogP contribution in [0.4, 0.5) is 0 Å². The van der Waals surface area contributed by atoms with Crippen molar-refractivity contribution in [3.05, 3.63) is 23.0 Å². The predicted octanol–water partition coefficient (Wildman–Crippen LogP) is 3.42. The van der Waals surface area contributed by atoms with E-state index in [0.29, 0.717) is 31.0 Å². The molecule has 1 aliphatic heterocycles. The number of amides is 1. The summed E-state index contributed by atoms with van der Waals surface area (Å²) in [6, 6.07) is 1.98. The standard InChI is InChI=1S/C21H28N4O2/c1-12-11-24(9-8-17(12)26)20(27)15-10-16(14-6-7-14)22-19-18(15)13(2)23-25(19)21(3,4)5/h10,12,14H,6-9,11H2,1-5H3. The molecule has 0 N–H and O–H groups in total. The van der Waals surface area contributed by atoms with E-state index in [4.69, 9.17) is 10.1 Å². The maximum absolute atomic E-state index is 13.4. The Hall–Kier alpha value is -2.24. The molecular formula is C21H28N4O2. The van der Waals surface area contributed by atoms with Gasteiger partial charge in [0.2, 0.25) is 0 Å². The van der Waals surface area contributed by atoms with E-state index < -0.39 is 0 Å². The van der Waals surface area contributed by atoms with Gasteiger partial charge < -0.3 is 4.90 Å². The van der Waals surface area contributed by atoms with Crippen molar-refractivity contribution in [2.24, 2.45) is 5.92 Å². The Morgan fingerprint density at radius 2 is 1.96 bits per heavy atom. The number of aryl methyl sites for hydroxylation is 1. The third kappa shape index (κ3) is 3.15. The maximum atomic E-state index is 13.4. The molecule has 2 aliphatic rings. The Bertz CT molecular complexity index is 934. The monoisotopic (exact) mass is 368 g/mol. The Labute approximate surface area is 159 Å². The third-order valence-corrected chi connectivity index (χ3v) is 5.65. The molecule has 1 aliphatic carbocycles. The van der Waals surface area contributed by atoms with Crippen molar-refractivity contribution < 1.29 is 9.59 Å². The van der Waals surface area contributed by atoms with E-state index >= 15 is 0 Å². The van der Waals surface area contributed by atoms with E-state index in [0.717, 1.165) is 35.3 Å². The van der Waals surface area contributed by atoms with Crippen molar-refractivity contribution in [1.82, 2.24) is 19.7 Å². The lowest BCUT2D eigenvalue weighted by Gasteiger charge is -2.30. The van der Waals surface area contributed by atoms with Gasteiger partial charge in [-0.2, -0.15) is 5.10 Å². The molecule has 4 rings (SSSR count). The highest BCUT2D eigenvalue weighted by Crippen LogP contribution is 2.41. The Balaban J connectivity index is 1.85. The van der Waals surface area contributed by atoms with Gasteiger partial charge in [-0.05, 0) is 46.6 Å². The summed E-state index contributed by atoms with van der Waals surface area (Å²) >= 11 is 0. The molecule has 6 nitrogen and oxygen atoms in total. The van der Waals surface area contributed by atoms with E-state index in [1.54, 1.807) is 0 Å². The van der Waals surface area contributed by atoms with Gasteiger partial charge in [0.25, 0.3) is 5.91 Å². The number of Topliss-reactive ketones (excluding diaryl/α,β-unsaturated/α-hetero) is 1. The van der Waals surface area contributed by atoms with Crippen molar-refractivity contribution in [3.8, 4) is 0 Å². The third-order valence-electron chi connectivity index (χ3n) is 5.65. The number of hydrogen-bond donors (Lipinski definition) is 0. The number of ketones is 1. The van der Waals surface area contributed by atoms with Crippen LogP contribution in [0.2, 0.25) is 0 Å². The van der Waals surface area contributed by atoms with Gasteiger partial charge in [-0.15, -0.1) is 0 Å². The van der Waals surface area contributed by atoms with Gasteiger partial charge in [-0.25, -0.2) is 9.67 Å². The minimum absolute atomic E-state index is 0.000194. The highest BCUT2D eigenvalue weighted by atomic mass is 16.2. The van der Waals surface area contributed by atoms with Gasteiger partial charge in [0.1, 0.15) is 5.78 Å². The van der Waals surface area contributed by atoms with Gasteiger partial charge in [-0.3, -0.25) is 9.59 Å². The first kappa shape index (κ1) is 18.1. The molecule has 0 radical (unpaired) electrons. The van der Waals surface area contributed by atoms with Crippen LogP contribution in [-0.2, 0) is 10.3 Å². The van der Waals surface area contributed by atoms with Crippen molar-refractivity contribution in [2.45, 2.75) is 65.3 Å². The lowest BCUT2D eigenvalue weighted by molar-refractivity contribution is -0.124. The fraction of sp³-hybridized carbons (Fsp3) is 0.619. The van der Waals surface area contributed by atoms with Crippen LogP contribution in [0.5, 0.6) is 0 Å². The van der Waals surface area contributed by atoms with Crippen LogP contribution in [0.1, 0.15) is 74.6 Å². The number of nitrogens with zero attached hydrogens (tertiary/aromatic N) is 4. The number of piperidine rings is 1. The van der Waals surface area contributed by atoms with E-state index in [1.807, 2.05) is 29.5 Å². The average Bonchev–Trinajstić information content (AvgIpc) is 3.39. The molecule has 6 heteroatoms. The van der Waals surface area contributed by atoms with Gasteiger partial charge in [0, 0.05) is 37.0 Å². The quantitative estimate of drug-likeness (QED) is 0.814. The van der Waals surface area contributed by atoms with Crippen molar-refractivity contribution in [3.63, 3.8) is 0 Å². The zero-order valence-corrected chi connectivity index (χ0v) is 16.9. The summed E-state index contributed by atoms with van der Waals surface area (Å²) in [6.45, 7) is 11.1. The van der Waals surface area contributed by atoms with Gasteiger partial charge in [-0.1, -0.05) is 6.92 Å². The normalized spacial score (nSPS) is 21.1. The molecule has 144 valence electrons. The predicted molar refractivity (Wildman–Crippen MR) is 104 cm³/mol. The van der Waals surface area contributed by atoms with E-state index in [-0.39, 0.29) is 23.1 Å². The summed E-state index contributed by atoms with van der Waals surface area (Å²) in [4.78, 5) is 32.0. The van der Waals surface area contributed by atoms with Crippen LogP contribution >= 0.6 is 0 Å². The molecule has 1 atom stereocenters. The SMILES string of the molecule is Cc1nn(C(C)(C)C)c2nc(C3CC3)cc(C(=O)N3CCC(=O)C(C)C3)c12. The molecule has 27 heavy (non-hydrogen) atoms. The van der Waals surface area contributed by atoms with E-state index in [9.17, 15) is 9.59 Å². The molecule has 0 aromatic carbocycles. The fourth-order valence-corrected chi connectivity index (χ4v) is 3.90. The molecule has 0 spiro atoms. The molecule has 0 bridgehead atoms. The van der Waals surface area contributed by atoms with Crippen LogP contribution in [0, 0.1) is 12.8 Å². The van der Waals surface area contributed by atoms with Crippen LogP contribution in [0.15, 0.2) is 6.07 Å². The summed E-state index contributed by atoms with van der Waals surface area (Å²) in [5, 5.41) is 5.58. The van der Waals surface area contributed by atoms with E-state index in [2.05, 4.69) is 20.8 Å². The number of pyridine rings is 1. The molecule has 2 aromatic rings. The molecule has 2 fully saturated rings. The second-order valence-corrected chi connectivity index (χ2v) is 9.10. The average molecular weight is 368 g/mol. The lowest BCUT2D eigenvalue weighted by Crippen LogP contribution is -2.43. The topological polar surface area (TPSA) is 68.1 Å². The van der Waals surface area contributed by atoms with Gasteiger partial charge in [0.15, 0.2) is 5.65 Å². The molecule has 1 unspecified atom stereocenters. The van der Waals surface area contributed by atoms with Gasteiger partial charge in [0.05, 0.1) is 22.2 Å². The Kier molecular flexibility index (Phi) is 4.13. The number of aromatic nitrogens is 3. The van der Waals surface area contributed by atoms with Crippen LogP contribution in [0.3, 0.4) is 0 Å². The van der Waals surface area contributed by atoms with Gasteiger partial charge >= 0.3 is 0 Å². The number of hydrogen-bond acceptors (Lipinski definition) is 4. The van der Waals surface area contributed by atoms with Crippen molar-refractivity contribution >= 4 is 22.7 Å². The van der Waals surface area contributed by atoms with Crippen molar-refractivity contribution in [1.29, 1.82) is 0 Å². The molecular weight excluding hydrogens is 340 g/mol. The zero-order chi connectivity index (χ0) is 19.5. The number of likely N-dealkylation sites (tertiary alicyclic amines) is 1. The molecule has 1 amide bonds. The van der Waals surface area contributed by atoms with Crippen molar-refractivity contribution in [2.75, 3.05) is 13.1 Å². The highest BCUT2D eigenvalue weighted by molar-refractivity contribution is 6.07. The first-order valence-electron chi connectivity index (χ1n) is 9.89. The maximum Gasteiger partial charge on any atom is 0.254 e. The summed E-state index contributed by atoms with van der Waals surface area (Å²) < 4.78 is 1.95. The Morgan fingerprint density at radius 3 is 2.56 bits per heavy atom. The van der Waals surface area contributed by atoms with E-state index in [1.165, 1.54) is 0 Å². The minimum atomic E-state index is -0.214. The molecule has 1 saturated carbocycles. The first-order valence-corrected chi connectivity index (χ1v) is 9.89.